The van der Waals surface area contributed by atoms with Crippen LogP contribution in [0.3, 0.4) is 0 Å². The topological polar surface area (TPSA) is 71.0 Å². The monoisotopic (exact) mass is 305 g/mol. The fraction of sp³-hybridized carbons (Fsp3) is 1.00. The highest BCUT2D eigenvalue weighted by atomic mass is 16.5. The van der Waals surface area contributed by atoms with Crippen LogP contribution in [-0.4, -0.2) is 62.4 Å². The predicted octanol–water partition coefficient (Wildman–Crippen LogP) is 1.57. The van der Waals surface area contributed by atoms with E-state index in [4.69, 9.17) is 9.47 Å². The summed E-state index contributed by atoms with van der Waals surface area (Å²) in [6, 6.07) is 0. The van der Waals surface area contributed by atoms with Gasteiger partial charge in [-0.3, -0.25) is 0 Å². The molecule has 0 amide bonds. The molecule has 3 N–H and O–H groups in total. The SMILES string of the molecule is CCCCOCCOCC(O)CNCC(CC)(CC)CO. The van der Waals surface area contributed by atoms with E-state index < -0.39 is 6.10 Å². The van der Waals surface area contributed by atoms with Gasteiger partial charge in [-0.25, -0.2) is 0 Å². The Labute approximate surface area is 130 Å². The number of rotatable bonds is 15. The second-order valence-electron chi connectivity index (χ2n) is 5.69. The molecule has 5 heteroatoms. The summed E-state index contributed by atoms with van der Waals surface area (Å²) in [6.07, 6.45) is 3.54. The van der Waals surface area contributed by atoms with Crippen molar-refractivity contribution >= 4 is 0 Å². The third-order valence-corrected chi connectivity index (χ3v) is 4.04. The van der Waals surface area contributed by atoms with Gasteiger partial charge in [-0.05, 0) is 19.3 Å². The number of hydrogen-bond acceptors (Lipinski definition) is 5. The molecular weight excluding hydrogens is 270 g/mol. The molecule has 0 bridgehead atoms. The molecule has 0 aromatic heterocycles. The number of nitrogens with one attached hydrogen (secondary N) is 1. The first-order valence-electron chi connectivity index (χ1n) is 8.29. The van der Waals surface area contributed by atoms with Crippen molar-refractivity contribution in [3.8, 4) is 0 Å². The summed E-state index contributed by atoms with van der Waals surface area (Å²) in [5, 5.41) is 22.5. The average molecular weight is 305 g/mol. The minimum atomic E-state index is -0.522. The van der Waals surface area contributed by atoms with Crippen LogP contribution in [0.25, 0.3) is 0 Å². The third kappa shape index (κ3) is 10.2. The molecule has 1 atom stereocenters. The zero-order valence-corrected chi connectivity index (χ0v) is 14.1. The maximum atomic E-state index is 9.81. The number of aliphatic hydroxyl groups is 2. The van der Waals surface area contributed by atoms with Gasteiger partial charge in [-0.15, -0.1) is 0 Å². The summed E-state index contributed by atoms with van der Waals surface area (Å²) in [5.41, 5.74) is -0.0757. The summed E-state index contributed by atoms with van der Waals surface area (Å²) >= 11 is 0. The minimum Gasteiger partial charge on any atom is -0.396 e. The molecule has 0 heterocycles. The summed E-state index contributed by atoms with van der Waals surface area (Å²) in [5.74, 6) is 0. The second kappa shape index (κ2) is 13.5. The van der Waals surface area contributed by atoms with Gasteiger partial charge < -0.3 is 25.0 Å². The largest absolute Gasteiger partial charge is 0.396 e. The van der Waals surface area contributed by atoms with Gasteiger partial charge in [0, 0.05) is 31.7 Å². The maximum absolute atomic E-state index is 9.81. The summed E-state index contributed by atoms with van der Waals surface area (Å²) in [4.78, 5) is 0. The van der Waals surface area contributed by atoms with Crippen molar-refractivity contribution in [2.75, 3.05) is 46.1 Å². The van der Waals surface area contributed by atoms with E-state index in [-0.39, 0.29) is 12.0 Å². The average Bonchev–Trinajstić information content (AvgIpc) is 2.51. The Hall–Kier alpha value is -0.200. The summed E-state index contributed by atoms with van der Waals surface area (Å²) < 4.78 is 10.7. The molecule has 0 rings (SSSR count). The van der Waals surface area contributed by atoms with Crippen LogP contribution in [0.4, 0.5) is 0 Å². The van der Waals surface area contributed by atoms with E-state index in [1.165, 1.54) is 0 Å². The van der Waals surface area contributed by atoms with Crippen molar-refractivity contribution in [3.63, 3.8) is 0 Å². The number of unbranched alkanes of at least 4 members (excludes halogenated alkanes) is 1. The molecule has 0 aliphatic rings. The zero-order chi connectivity index (χ0) is 16.0. The van der Waals surface area contributed by atoms with E-state index in [1.54, 1.807) is 0 Å². The predicted molar refractivity (Wildman–Crippen MR) is 85.5 cm³/mol. The highest BCUT2D eigenvalue weighted by Crippen LogP contribution is 2.24. The molecule has 0 radical (unpaired) electrons. The van der Waals surface area contributed by atoms with E-state index in [9.17, 15) is 10.2 Å². The Morgan fingerprint density at radius 3 is 2.29 bits per heavy atom. The molecule has 1 unspecified atom stereocenters. The fourth-order valence-corrected chi connectivity index (χ4v) is 2.03. The van der Waals surface area contributed by atoms with Crippen molar-refractivity contribution in [1.82, 2.24) is 5.32 Å². The molecule has 0 aliphatic heterocycles. The van der Waals surface area contributed by atoms with Gasteiger partial charge in [-0.1, -0.05) is 27.2 Å². The van der Waals surface area contributed by atoms with Crippen LogP contribution in [0.5, 0.6) is 0 Å². The Kier molecular flexibility index (Phi) is 13.3. The standard InChI is InChI=1S/C16H35NO4/c1-4-7-8-20-9-10-21-12-15(19)11-17-13-16(5-2,6-3)14-18/h15,17-19H,4-14H2,1-3H3. The first-order chi connectivity index (χ1) is 10.1. The van der Waals surface area contributed by atoms with Gasteiger partial charge in [0.1, 0.15) is 0 Å². The van der Waals surface area contributed by atoms with Crippen LogP contribution < -0.4 is 5.32 Å². The molecule has 0 fully saturated rings. The Balaban J connectivity index is 3.55. The molecule has 0 aromatic rings. The third-order valence-electron chi connectivity index (χ3n) is 4.04. The highest BCUT2D eigenvalue weighted by molar-refractivity contribution is 4.78. The lowest BCUT2D eigenvalue weighted by atomic mass is 9.83. The van der Waals surface area contributed by atoms with Gasteiger partial charge in [0.25, 0.3) is 0 Å². The highest BCUT2D eigenvalue weighted by Gasteiger charge is 2.24. The molecule has 0 saturated carbocycles. The lowest BCUT2D eigenvalue weighted by Gasteiger charge is -2.30. The van der Waals surface area contributed by atoms with Gasteiger partial charge in [0.05, 0.1) is 25.9 Å². The van der Waals surface area contributed by atoms with E-state index in [1.807, 2.05) is 0 Å². The lowest BCUT2D eigenvalue weighted by molar-refractivity contribution is 0.00244. The van der Waals surface area contributed by atoms with Crippen LogP contribution >= 0.6 is 0 Å². The van der Waals surface area contributed by atoms with Crippen molar-refractivity contribution in [2.45, 2.75) is 52.6 Å². The van der Waals surface area contributed by atoms with Crippen molar-refractivity contribution in [3.05, 3.63) is 0 Å². The quantitative estimate of drug-likeness (QED) is 0.401. The lowest BCUT2D eigenvalue weighted by Crippen LogP contribution is -2.40. The Morgan fingerprint density at radius 2 is 1.71 bits per heavy atom. The fourth-order valence-electron chi connectivity index (χ4n) is 2.03. The number of hydrogen-bond donors (Lipinski definition) is 3. The van der Waals surface area contributed by atoms with Crippen LogP contribution in [0.15, 0.2) is 0 Å². The van der Waals surface area contributed by atoms with E-state index in [0.29, 0.717) is 32.9 Å². The van der Waals surface area contributed by atoms with Crippen LogP contribution in [0, 0.1) is 5.41 Å². The summed E-state index contributed by atoms with van der Waals surface area (Å²) in [7, 11) is 0. The van der Waals surface area contributed by atoms with Crippen molar-refractivity contribution in [2.24, 2.45) is 5.41 Å². The van der Waals surface area contributed by atoms with Crippen molar-refractivity contribution < 1.29 is 19.7 Å². The smallest absolute Gasteiger partial charge is 0.0897 e. The second-order valence-corrected chi connectivity index (χ2v) is 5.69. The minimum absolute atomic E-state index is 0.0757. The first kappa shape index (κ1) is 20.8. The summed E-state index contributed by atoms with van der Waals surface area (Å²) in [6.45, 7) is 9.87. The number of aliphatic hydroxyl groups excluding tert-OH is 2. The van der Waals surface area contributed by atoms with Crippen LogP contribution in [0.1, 0.15) is 46.5 Å². The molecular formula is C16H35NO4. The molecule has 128 valence electrons. The van der Waals surface area contributed by atoms with Gasteiger partial charge >= 0.3 is 0 Å². The van der Waals surface area contributed by atoms with Crippen molar-refractivity contribution in [1.29, 1.82) is 0 Å². The molecule has 0 saturated heterocycles. The van der Waals surface area contributed by atoms with E-state index >= 15 is 0 Å². The molecule has 21 heavy (non-hydrogen) atoms. The Morgan fingerprint density at radius 1 is 1.05 bits per heavy atom. The maximum Gasteiger partial charge on any atom is 0.0897 e. The van der Waals surface area contributed by atoms with Gasteiger partial charge in [0.2, 0.25) is 0 Å². The zero-order valence-electron chi connectivity index (χ0n) is 14.1. The van der Waals surface area contributed by atoms with Crippen LogP contribution in [-0.2, 0) is 9.47 Å². The van der Waals surface area contributed by atoms with E-state index in [0.717, 1.165) is 32.3 Å². The molecule has 0 aromatic carbocycles. The molecule has 0 spiro atoms. The first-order valence-corrected chi connectivity index (χ1v) is 8.29. The van der Waals surface area contributed by atoms with Gasteiger partial charge in [-0.2, -0.15) is 0 Å². The van der Waals surface area contributed by atoms with Crippen LogP contribution in [0.2, 0.25) is 0 Å². The van der Waals surface area contributed by atoms with E-state index in [2.05, 4.69) is 26.1 Å². The normalized spacial score (nSPS) is 13.6. The molecule has 5 nitrogen and oxygen atoms in total. The van der Waals surface area contributed by atoms with Gasteiger partial charge in [0.15, 0.2) is 0 Å². The molecule has 0 aliphatic carbocycles. The Bertz CT molecular complexity index is 214. The number of ether oxygens (including phenoxy) is 2.